The van der Waals surface area contributed by atoms with E-state index in [0.717, 1.165) is 24.4 Å². The predicted octanol–water partition coefficient (Wildman–Crippen LogP) is 1.28. The Kier molecular flexibility index (Phi) is 2.27. The predicted molar refractivity (Wildman–Crippen MR) is 50.7 cm³/mol. The maximum absolute atomic E-state index is 11.4. The SMILES string of the molecule is CCC(=O)N1CCc2nc(C)oc2C1. The van der Waals surface area contributed by atoms with Gasteiger partial charge in [0.25, 0.3) is 0 Å². The van der Waals surface area contributed by atoms with Gasteiger partial charge in [-0.1, -0.05) is 6.92 Å². The van der Waals surface area contributed by atoms with E-state index in [1.54, 1.807) is 0 Å². The Hall–Kier alpha value is -1.32. The van der Waals surface area contributed by atoms with Crippen LogP contribution >= 0.6 is 0 Å². The number of aromatic nitrogens is 1. The van der Waals surface area contributed by atoms with Crippen LogP contribution in [0.2, 0.25) is 0 Å². The summed E-state index contributed by atoms with van der Waals surface area (Å²) in [4.78, 5) is 17.5. The number of rotatable bonds is 1. The number of amides is 1. The molecule has 1 aliphatic rings. The van der Waals surface area contributed by atoms with E-state index < -0.39 is 0 Å². The first kappa shape index (κ1) is 9.24. The van der Waals surface area contributed by atoms with Gasteiger partial charge in [0.2, 0.25) is 5.91 Å². The summed E-state index contributed by atoms with van der Waals surface area (Å²) in [6.07, 6.45) is 1.38. The number of carbonyl (C=O) groups excluding carboxylic acids is 1. The lowest BCUT2D eigenvalue weighted by molar-refractivity contribution is -0.132. The zero-order chi connectivity index (χ0) is 10.1. The molecule has 76 valence electrons. The molecule has 0 fully saturated rings. The van der Waals surface area contributed by atoms with E-state index in [1.165, 1.54) is 0 Å². The number of nitrogens with zero attached hydrogens (tertiary/aromatic N) is 2. The third-order valence-corrected chi connectivity index (χ3v) is 2.49. The van der Waals surface area contributed by atoms with Crippen molar-refractivity contribution in [2.75, 3.05) is 6.54 Å². The van der Waals surface area contributed by atoms with E-state index in [4.69, 9.17) is 4.42 Å². The van der Waals surface area contributed by atoms with Crippen LogP contribution in [0.5, 0.6) is 0 Å². The molecule has 1 aromatic heterocycles. The van der Waals surface area contributed by atoms with Crippen molar-refractivity contribution in [1.82, 2.24) is 9.88 Å². The molecule has 0 saturated carbocycles. The van der Waals surface area contributed by atoms with Crippen LogP contribution in [0.15, 0.2) is 4.42 Å². The van der Waals surface area contributed by atoms with Crippen LogP contribution in [-0.4, -0.2) is 22.3 Å². The summed E-state index contributed by atoms with van der Waals surface area (Å²) < 4.78 is 5.43. The molecule has 0 radical (unpaired) electrons. The maximum atomic E-state index is 11.4. The largest absolute Gasteiger partial charge is 0.444 e. The van der Waals surface area contributed by atoms with Crippen molar-refractivity contribution in [2.45, 2.75) is 33.2 Å². The Morgan fingerprint density at radius 1 is 1.64 bits per heavy atom. The van der Waals surface area contributed by atoms with Gasteiger partial charge >= 0.3 is 0 Å². The first-order chi connectivity index (χ1) is 6.70. The molecular weight excluding hydrogens is 180 g/mol. The quantitative estimate of drug-likeness (QED) is 0.676. The Morgan fingerprint density at radius 3 is 3.14 bits per heavy atom. The highest BCUT2D eigenvalue weighted by atomic mass is 16.4. The fourth-order valence-electron chi connectivity index (χ4n) is 1.76. The lowest BCUT2D eigenvalue weighted by Crippen LogP contribution is -2.35. The highest BCUT2D eigenvalue weighted by molar-refractivity contribution is 5.76. The molecule has 4 heteroatoms. The molecule has 0 atom stereocenters. The van der Waals surface area contributed by atoms with Crippen molar-refractivity contribution in [2.24, 2.45) is 0 Å². The van der Waals surface area contributed by atoms with Gasteiger partial charge < -0.3 is 9.32 Å². The highest BCUT2D eigenvalue weighted by Gasteiger charge is 2.23. The molecule has 1 aliphatic heterocycles. The average molecular weight is 194 g/mol. The van der Waals surface area contributed by atoms with Crippen molar-refractivity contribution in [3.05, 3.63) is 17.3 Å². The van der Waals surface area contributed by atoms with Gasteiger partial charge in [-0.15, -0.1) is 0 Å². The molecule has 0 spiro atoms. The standard InChI is InChI=1S/C10H14N2O2/c1-3-10(13)12-5-4-8-9(6-12)14-7(2)11-8/h3-6H2,1-2H3. The van der Waals surface area contributed by atoms with Crippen LogP contribution < -0.4 is 0 Å². The van der Waals surface area contributed by atoms with E-state index in [0.29, 0.717) is 18.9 Å². The molecule has 4 nitrogen and oxygen atoms in total. The molecule has 2 heterocycles. The minimum Gasteiger partial charge on any atom is -0.444 e. The normalized spacial score (nSPS) is 15.4. The average Bonchev–Trinajstić information content (AvgIpc) is 2.55. The third-order valence-electron chi connectivity index (χ3n) is 2.49. The summed E-state index contributed by atoms with van der Waals surface area (Å²) in [6.45, 7) is 5.07. The number of oxazole rings is 1. The molecule has 1 amide bonds. The van der Waals surface area contributed by atoms with Crippen molar-refractivity contribution in [1.29, 1.82) is 0 Å². The van der Waals surface area contributed by atoms with Crippen LogP contribution in [0.1, 0.15) is 30.7 Å². The van der Waals surface area contributed by atoms with Crippen LogP contribution in [0.3, 0.4) is 0 Å². The Balaban J connectivity index is 2.16. The van der Waals surface area contributed by atoms with E-state index in [1.807, 2.05) is 18.7 Å². The summed E-state index contributed by atoms with van der Waals surface area (Å²) in [7, 11) is 0. The van der Waals surface area contributed by atoms with Gasteiger partial charge in [-0.3, -0.25) is 4.79 Å². The summed E-state index contributed by atoms with van der Waals surface area (Å²) in [6, 6.07) is 0. The fraction of sp³-hybridized carbons (Fsp3) is 0.600. The number of aryl methyl sites for hydroxylation is 1. The van der Waals surface area contributed by atoms with E-state index in [9.17, 15) is 4.79 Å². The van der Waals surface area contributed by atoms with Gasteiger partial charge in [0.15, 0.2) is 5.89 Å². The molecule has 0 N–H and O–H groups in total. The van der Waals surface area contributed by atoms with Crippen LogP contribution in [0.4, 0.5) is 0 Å². The van der Waals surface area contributed by atoms with Gasteiger partial charge in [0.1, 0.15) is 5.76 Å². The minimum atomic E-state index is 0.185. The van der Waals surface area contributed by atoms with E-state index in [-0.39, 0.29) is 5.91 Å². The van der Waals surface area contributed by atoms with E-state index in [2.05, 4.69) is 4.98 Å². The third kappa shape index (κ3) is 1.52. The second-order valence-corrected chi connectivity index (χ2v) is 3.52. The van der Waals surface area contributed by atoms with Gasteiger partial charge in [-0.25, -0.2) is 4.98 Å². The summed E-state index contributed by atoms with van der Waals surface area (Å²) in [5.41, 5.74) is 1.02. The number of carbonyl (C=O) groups is 1. The summed E-state index contributed by atoms with van der Waals surface area (Å²) in [5, 5.41) is 0. The Morgan fingerprint density at radius 2 is 2.43 bits per heavy atom. The second-order valence-electron chi connectivity index (χ2n) is 3.52. The first-order valence-electron chi connectivity index (χ1n) is 4.93. The molecule has 14 heavy (non-hydrogen) atoms. The van der Waals surface area contributed by atoms with Gasteiger partial charge in [-0.05, 0) is 0 Å². The van der Waals surface area contributed by atoms with Gasteiger partial charge in [0.05, 0.1) is 12.2 Å². The van der Waals surface area contributed by atoms with Crippen LogP contribution in [-0.2, 0) is 17.8 Å². The lowest BCUT2D eigenvalue weighted by atomic mass is 10.1. The lowest BCUT2D eigenvalue weighted by Gasteiger charge is -2.24. The van der Waals surface area contributed by atoms with Crippen LogP contribution in [0, 0.1) is 6.92 Å². The Labute approximate surface area is 82.9 Å². The fourth-order valence-corrected chi connectivity index (χ4v) is 1.76. The maximum Gasteiger partial charge on any atom is 0.222 e. The molecule has 0 unspecified atom stereocenters. The van der Waals surface area contributed by atoms with Crippen molar-refractivity contribution in [3.63, 3.8) is 0 Å². The number of hydrogen-bond donors (Lipinski definition) is 0. The zero-order valence-corrected chi connectivity index (χ0v) is 8.54. The second kappa shape index (κ2) is 3.44. The van der Waals surface area contributed by atoms with Gasteiger partial charge in [-0.2, -0.15) is 0 Å². The molecule has 0 aliphatic carbocycles. The molecular formula is C10H14N2O2. The van der Waals surface area contributed by atoms with E-state index >= 15 is 0 Å². The zero-order valence-electron chi connectivity index (χ0n) is 8.54. The number of hydrogen-bond acceptors (Lipinski definition) is 3. The monoisotopic (exact) mass is 194 g/mol. The summed E-state index contributed by atoms with van der Waals surface area (Å²) in [5.74, 6) is 1.74. The van der Waals surface area contributed by atoms with Crippen LogP contribution in [0.25, 0.3) is 0 Å². The summed E-state index contributed by atoms with van der Waals surface area (Å²) >= 11 is 0. The molecule has 0 bridgehead atoms. The number of fused-ring (bicyclic) bond motifs is 1. The minimum absolute atomic E-state index is 0.185. The molecule has 2 rings (SSSR count). The topological polar surface area (TPSA) is 46.3 Å². The smallest absolute Gasteiger partial charge is 0.222 e. The van der Waals surface area contributed by atoms with Crippen molar-refractivity contribution >= 4 is 5.91 Å². The molecule has 0 saturated heterocycles. The Bertz CT molecular complexity index is 357. The van der Waals surface area contributed by atoms with Gasteiger partial charge in [0, 0.05) is 26.3 Å². The molecule has 0 aromatic carbocycles. The molecule has 1 aromatic rings. The first-order valence-corrected chi connectivity index (χ1v) is 4.93. The van der Waals surface area contributed by atoms with Crippen molar-refractivity contribution < 1.29 is 9.21 Å². The highest BCUT2D eigenvalue weighted by Crippen LogP contribution is 2.19. The van der Waals surface area contributed by atoms with Crippen molar-refractivity contribution in [3.8, 4) is 0 Å².